The maximum atomic E-state index is 9.70. The van der Waals surface area contributed by atoms with Crippen molar-refractivity contribution in [3.8, 4) is 0 Å². The molecule has 2 rings (SSSR count). The quantitative estimate of drug-likeness (QED) is 0.697. The Hall–Kier alpha value is -1.46. The van der Waals surface area contributed by atoms with E-state index in [0.717, 1.165) is 55.3 Å². The maximum absolute atomic E-state index is 9.70. The van der Waals surface area contributed by atoms with Crippen molar-refractivity contribution in [2.75, 3.05) is 0 Å². The van der Waals surface area contributed by atoms with E-state index in [1.807, 2.05) is 27.7 Å². The summed E-state index contributed by atoms with van der Waals surface area (Å²) in [5, 5.41) is 40.8. The van der Waals surface area contributed by atoms with Crippen LogP contribution in [0.4, 0.5) is 0 Å². The van der Waals surface area contributed by atoms with E-state index < -0.39 is 0 Å². The molecule has 0 unspecified atom stereocenters. The van der Waals surface area contributed by atoms with E-state index in [-0.39, 0.29) is 26.4 Å². The number of aryl methyl sites for hydroxylation is 4. The van der Waals surface area contributed by atoms with E-state index in [2.05, 4.69) is 0 Å². The first-order valence-corrected chi connectivity index (χ1v) is 7.43. The third kappa shape index (κ3) is 2.23. The zero-order chi connectivity index (χ0) is 16.6. The van der Waals surface area contributed by atoms with Gasteiger partial charge in [0.05, 0.1) is 26.4 Å². The minimum absolute atomic E-state index is 0.132. The second-order valence-corrected chi connectivity index (χ2v) is 5.80. The molecule has 4 heteroatoms. The van der Waals surface area contributed by atoms with Crippen LogP contribution in [0.1, 0.15) is 44.5 Å². The molecular formula is C18H24O4. The molecule has 0 saturated heterocycles. The summed E-state index contributed by atoms with van der Waals surface area (Å²) in [7, 11) is 0. The molecule has 4 N–H and O–H groups in total. The summed E-state index contributed by atoms with van der Waals surface area (Å²) in [5.41, 5.74) is 6.68. The molecular weight excluding hydrogens is 280 g/mol. The van der Waals surface area contributed by atoms with Gasteiger partial charge in [-0.25, -0.2) is 0 Å². The van der Waals surface area contributed by atoms with E-state index >= 15 is 0 Å². The molecule has 0 radical (unpaired) electrons. The summed E-state index contributed by atoms with van der Waals surface area (Å²) in [6, 6.07) is 0. The highest BCUT2D eigenvalue weighted by Crippen LogP contribution is 2.38. The molecule has 22 heavy (non-hydrogen) atoms. The van der Waals surface area contributed by atoms with Gasteiger partial charge >= 0.3 is 0 Å². The van der Waals surface area contributed by atoms with E-state index in [0.29, 0.717) is 0 Å². The summed E-state index contributed by atoms with van der Waals surface area (Å²) >= 11 is 0. The summed E-state index contributed by atoms with van der Waals surface area (Å²) in [4.78, 5) is 0. The zero-order valence-electron chi connectivity index (χ0n) is 13.6. The van der Waals surface area contributed by atoms with Crippen LogP contribution in [0.25, 0.3) is 10.8 Å². The summed E-state index contributed by atoms with van der Waals surface area (Å²) in [6.07, 6.45) is 0. The molecule has 2 aromatic rings. The van der Waals surface area contributed by atoms with Crippen LogP contribution >= 0.6 is 0 Å². The molecule has 0 aliphatic rings. The second kappa shape index (κ2) is 6.34. The predicted octanol–water partition coefficient (Wildman–Crippen LogP) is 2.04. The summed E-state index contributed by atoms with van der Waals surface area (Å²) < 4.78 is 0. The minimum Gasteiger partial charge on any atom is -0.392 e. The van der Waals surface area contributed by atoms with Crippen molar-refractivity contribution in [1.29, 1.82) is 0 Å². The van der Waals surface area contributed by atoms with Crippen LogP contribution in [0.5, 0.6) is 0 Å². The SMILES string of the molecule is Cc1c(CO)c(CO)c(C)c2c(C)c(CO)c(CO)c(C)c12. The smallest absolute Gasteiger partial charge is 0.0688 e. The highest BCUT2D eigenvalue weighted by molar-refractivity contribution is 5.97. The topological polar surface area (TPSA) is 80.9 Å². The second-order valence-electron chi connectivity index (χ2n) is 5.80. The van der Waals surface area contributed by atoms with Crippen LogP contribution in [-0.4, -0.2) is 20.4 Å². The fraction of sp³-hybridized carbons (Fsp3) is 0.444. The molecule has 0 fully saturated rings. The average Bonchev–Trinajstić information content (AvgIpc) is 2.51. The van der Waals surface area contributed by atoms with Crippen LogP contribution in [0.3, 0.4) is 0 Å². The summed E-state index contributed by atoms with van der Waals surface area (Å²) in [5.74, 6) is 0. The van der Waals surface area contributed by atoms with Crippen molar-refractivity contribution in [2.45, 2.75) is 54.1 Å². The van der Waals surface area contributed by atoms with Crippen molar-refractivity contribution in [3.05, 3.63) is 44.5 Å². The first kappa shape index (κ1) is 16.9. The Labute approximate surface area is 130 Å². The number of hydrogen-bond acceptors (Lipinski definition) is 4. The van der Waals surface area contributed by atoms with Gasteiger partial charge in [-0.3, -0.25) is 0 Å². The van der Waals surface area contributed by atoms with Crippen LogP contribution in [-0.2, 0) is 26.4 Å². The molecule has 0 spiro atoms. The molecule has 0 aliphatic carbocycles. The number of fused-ring (bicyclic) bond motifs is 1. The number of benzene rings is 2. The van der Waals surface area contributed by atoms with Crippen LogP contribution in [0, 0.1) is 27.7 Å². The van der Waals surface area contributed by atoms with Crippen molar-refractivity contribution in [3.63, 3.8) is 0 Å². The van der Waals surface area contributed by atoms with E-state index in [9.17, 15) is 20.4 Å². The lowest BCUT2D eigenvalue weighted by Crippen LogP contribution is -2.09. The Morgan fingerprint density at radius 3 is 0.773 bits per heavy atom. The lowest BCUT2D eigenvalue weighted by Gasteiger charge is -2.23. The van der Waals surface area contributed by atoms with Gasteiger partial charge in [-0.2, -0.15) is 0 Å². The van der Waals surface area contributed by atoms with E-state index in [1.54, 1.807) is 0 Å². The van der Waals surface area contributed by atoms with Gasteiger partial charge in [-0.1, -0.05) is 0 Å². The molecule has 120 valence electrons. The third-order valence-electron chi connectivity index (χ3n) is 4.92. The normalized spacial score (nSPS) is 11.5. The molecule has 0 atom stereocenters. The van der Waals surface area contributed by atoms with Crippen molar-refractivity contribution in [2.24, 2.45) is 0 Å². The molecule has 0 heterocycles. The molecule has 2 aromatic carbocycles. The Balaban J connectivity index is 3.14. The Morgan fingerprint density at radius 1 is 0.455 bits per heavy atom. The lowest BCUT2D eigenvalue weighted by molar-refractivity contribution is 0.258. The molecule has 0 saturated carbocycles. The number of rotatable bonds is 4. The largest absolute Gasteiger partial charge is 0.392 e. The average molecular weight is 304 g/mol. The highest BCUT2D eigenvalue weighted by atomic mass is 16.3. The van der Waals surface area contributed by atoms with Gasteiger partial charge in [0, 0.05) is 0 Å². The monoisotopic (exact) mass is 304 g/mol. The van der Waals surface area contributed by atoms with E-state index in [1.165, 1.54) is 0 Å². The van der Waals surface area contributed by atoms with Gasteiger partial charge in [-0.15, -0.1) is 0 Å². The van der Waals surface area contributed by atoms with Crippen LogP contribution in [0.15, 0.2) is 0 Å². The Kier molecular flexibility index (Phi) is 4.87. The Bertz CT molecular complexity index is 611. The van der Waals surface area contributed by atoms with Gasteiger partial charge in [-0.05, 0) is 83.0 Å². The summed E-state index contributed by atoms with van der Waals surface area (Å²) in [6.45, 7) is 7.19. The number of aliphatic hydroxyl groups is 4. The van der Waals surface area contributed by atoms with Gasteiger partial charge in [0.15, 0.2) is 0 Å². The van der Waals surface area contributed by atoms with Crippen molar-refractivity contribution in [1.82, 2.24) is 0 Å². The molecule has 0 aromatic heterocycles. The predicted molar refractivity (Wildman–Crippen MR) is 86.6 cm³/mol. The lowest BCUT2D eigenvalue weighted by atomic mass is 9.82. The fourth-order valence-electron chi connectivity index (χ4n) is 3.68. The molecule has 0 bridgehead atoms. The van der Waals surface area contributed by atoms with Gasteiger partial charge in [0.1, 0.15) is 0 Å². The van der Waals surface area contributed by atoms with Crippen LogP contribution < -0.4 is 0 Å². The van der Waals surface area contributed by atoms with Crippen molar-refractivity contribution < 1.29 is 20.4 Å². The van der Waals surface area contributed by atoms with E-state index in [4.69, 9.17) is 0 Å². The third-order valence-corrected chi connectivity index (χ3v) is 4.92. The number of aliphatic hydroxyl groups excluding tert-OH is 4. The zero-order valence-corrected chi connectivity index (χ0v) is 13.6. The standard InChI is InChI=1S/C18H24O4/c1-9-13(5-19)14(6-20)11(3)18-12(4)16(8-22)15(7-21)10(2)17(9)18/h19-22H,5-8H2,1-4H3. The number of hydrogen-bond donors (Lipinski definition) is 4. The molecule has 4 nitrogen and oxygen atoms in total. The highest BCUT2D eigenvalue weighted by Gasteiger charge is 2.21. The van der Waals surface area contributed by atoms with Gasteiger partial charge in [0.2, 0.25) is 0 Å². The first-order valence-electron chi connectivity index (χ1n) is 7.43. The van der Waals surface area contributed by atoms with Gasteiger partial charge < -0.3 is 20.4 Å². The van der Waals surface area contributed by atoms with Crippen LogP contribution in [0.2, 0.25) is 0 Å². The fourth-order valence-corrected chi connectivity index (χ4v) is 3.68. The first-order chi connectivity index (χ1) is 10.4. The van der Waals surface area contributed by atoms with Gasteiger partial charge in [0.25, 0.3) is 0 Å². The minimum atomic E-state index is -0.132. The molecule has 0 aliphatic heterocycles. The maximum Gasteiger partial charge on any atom is 0.0688 e. The molecule has 0 amide bonds. The van der Waals surface area contributed by atoms with Crippen molar-refractivity contribution >= 4 is 10.8 Å². The Morgan fingerprint density at radius 2 is 0.636 bits per heavy atom.